The number of carbonyl (C=O) groups is 2. The van der Waals surface area contributed by atoms with Gasteiger partial charge in [-0.3, -0.25) is 14.4 Å². The van der Waals surface area contributed by atoms with Crippen LogP contribution < -0.4 is 10.7 Å². The maximum Gasteiger partial charge on any atom is 0.261 e. The van der Waals surface area contributed by atoms with E-state index >= 15 is 0 Å². The zero-order valence-electron chi connectivity index (χ0n) is 13.7. The summed E-state index contributed by atoms with van der Waals surface area (Å²) in [5.74, 6) is -0.545. The summed E-state index contributed by atoms with van der Waals surface area (Å²) in [6.45, 7) is 2.23. The molecule has 124 valence electrons. The lowest BCUT2D eigenvalue weighted by atomic mass is 10.1. The highest BCUT2D eigenvalue weighted by Gasteiger charge is 2.20. The van der Waals surface area contributed by atoms with E-state index in [1.165, 1.54) is 6.92 Å². The largest absolute Gasteiger partial charge is 0.346 e. The van der Waals surface area contributed by atoms with Crippen molar-refractivity contribution in [3.05, 3.63) is 75.6 Å². The van der Waals surface area contributed by atoms with Gasteiger partial charge in [-0.25, -0.2) is 0 Å². The van der Waals surface area contributed by atoms with Crippen molar-refractivity contribution < 1.29 is 9.59 Å². The molecule has 0 bridgehead atoms. The third-order valence-electron chi connectivity index (χ3n) is 4.57. The van der Waals surface area contributed by atoms with Crippen molar-refractivity contribution >= 4 is 28.3 Å². The molecule has 0 saturated carbocycles. The number of nitrogens with zero attached hydrogens (tertiary/aromatic N) is 1. The van der Waals surface area contributed by atoms with Crippen LogP contribution in [0.2, 0.25) is 0 Å². The molecule has 4 rings (SSSR count). The first-order chi connectivity index (χ1) is 12.0. The third-order valence-corrected chi connectivity index (χ3v) is 4.57. The lowest BCUT2D eigenvalue weighted by Gasteiger charge is -2.10. The second-order valence-electron chi connectivity index (χ2n) is 6.22. The second kappa shape index (κ2) is 5.70. The van der Waals surface area contributed by atoms with Gasteiger partial charge in [0.05, 0.1) is 5.52 Å². The van der Waals surface area contributed by atoms with Crippen molar-refractivity contribution in [1.82, 2.24) is 4.57 Å². The quantitative estimate of drug-likeness (QED) is 0.750. The lowest BCUT2D eigenvalue weighted by molar-refractivity contribution is 0.101. The number of ketones is 1. The van der Waals surface area contributed by atoms with Crippen molar-refractivity contribution in [3.8, 4) is 0 Å². The van der Waals surface area contributed by atoms with Gasteiger partial charge in [0.15, 0.2) is 5.78 Å². The fourth-order valence-electron chi connectivity index (χ4n) is 3.33. The smallest absolute Gasteiger partial charge is 0.261 e. The van der Waals surface area contributed by atoms with Gasteiger partial charge in [0.25, 0.3) is 5.91 Å². The van der Waals surface area contributed by atoms with Crippen LogP contribution in [0.3, 0.4) is 0 Å². The highest BCUT2D eigenvalue weighted by atomic mass is 16.2. The number of nitrogens with one attached hydrogen (secondary N) is 1. The minimum Gasteiger partial charge on any atom is -0.346 e. The molecule has 0 saturated heterocycles. The number of para-hydroxylation sites is 1. The topological polar surface area (TPSA) is 68.2 Å². The minimum atomic E-state index is -0.464. The first kappa shape index (κ1) is 15.3. The number of amides is 1. The molecule has 25 heavy (non-hydrogen) atoms. The summed E-state index contributed by atoms with van der Waals surface area (Å²) in [5.41, 5.74) is 2.90. The Morgan fingerprint density at radius 3 is 2.72 bits per heavy atom. The first-order valence-corrected chi connectivity index (χ1v) is 8.12. The number of rotatable bonds is 3. The zero-order chi connectivity index (χ0) is 17.6. The average Bonchev–Trinajstić information content (AvgIpc) is 3.02. The Balaban J connectivity index is 1.75. The van der Waals surface area contributed by atoms with Crippen molar-refractivity contribution in [2.45, 2.75) is 19.9 Å². The molecule has 1 aliphatic heterocycles. The molecular weight excluding hydrogens is 316 g/mol. The standard InChI is InChI=1S/C20H16N2O3/c1-12(23)14-5-2-6-15(10-14)21-20(25)17-11-22-9-8-13-4-3-7-16(18(13)22)19(17)24/h2-7,10-11H,8-9H2,1H3,(H,21,25). The fraction of sp³-hybridized carbons (Fsp3) is 0.150. The predicted molar refractivity (Wildman–Crippen MR) is 96.3 cm³/mol. The van der Waals surface area contributed by atoms with Crippen LogP contribution in [-0.4, -0.2) is 16.3 Å². The van der Waals surface area contributed by atoms with E-state index in [0.717, 1.165) is 24.0 Å². The van der Waals surface area contributed by atoms with Gasteiger partial charge >= 0.3 is 0 Å². The van der Waals surface area contributed by atoms with Gasteiger partial charge in [0.1, 0.15) is 5.56 Å². The molecule has 3 aromatic rings. The molecule has 5 nitrogen and oxygen atoms in total. The molecule has 1 aliphatic rings. The molecule has 5 heteroatoms. The van der Waals surface area contributed by atoms with Crippen molar-refractivity contribution in [2.75, 3.05) is 5.32 Å². The summed E-state index contributed by atoms with van der Waals surface area (Å²) in [7, 11) is 0. The fourth-order valence-corrected chi connectivity index (χ4v) is 3.33. The molecule has 0 spiro atoms. The molecule has 2 aromatic carbocycles. The Morgan fingerprint density at radius 1 is 1.12 bits per heavy atom. The van der Waals surface area contributed by atoms with Gasteiger partial charge in [0.2, 0.25) is 5.43 Å². The number of aromatic nitrogens is 1. The predicted octanol–water partition coefficient (Wildman–Crippen LogP) is 3.01. The Morgan fingerprint density at radius 2 is 1.92 bits per heavy atom. The van der Waals surface area contributed by atoms with E-state index in [4.69, 9.17) is 0 Å². The number of anilines is 1. The van der Waals surface area contributed by atoms with Gasteiger partial charge in [-0.2, -0.15) is 0 Å². The van der Waals surface area contributed by atoms with E-state index in [2.05, 4.69) is 5.32 Å². The molecular formula is C20H16N2O3. The van der Waals surface area contributed by atoms with Crippen LogP contribution in [0.15, 0.2) is 53.5 Å². The molecule has 0 unspecified atom stereocenters. The highest BCUT2D eigenvalue weighted by molar-refractivity contribution is 6.06. The van der Waals surface area contributed by atoms with Gasteiger partial charge in [-0.15, -0.1) is 0 Å². The molecule has 0 atom stereocenters. The third kappa shape index (κ3) is 2.54. The molecule has 1 amide bonds. The minimum absolute atomic E-state index is 0.0809. The number of benzene rings is 2. The van der Waals surface area contributed by atoms with Crippen LogP contribution in [-0.2, 0) is 13.0 Å². The SMILES string of the molecule is CC(=O)c1cccc(NC(=O)c2cn3c4c(cccc4c2=O)CC3)c1. The molecule has 1 N–H and O–H groups in total. The van der Waals surface area contributed by atoms with Gasteiger partial charge < -0.3 is 9.88 Å². The van der Waals surface area contributed by atoms with Crippen molar-refractivity contribution in [2.24, 2.45) is 0 Å². The van der Waals surface area contributed by atoms with Crippen molar-refractivity contribution in [3.63, 3.8) is 0 Å². The summed E-state index contributed by atoms with van der Waals surface area (Å²) in [6.07, 6.45) is 2.49. The Bertz CT molecular complexity index is 1100. The highest BCUT2D eigenvalue weighted by Crippen LogP contribution is 2.24. The second-order valence-corrected chi connectivity index (χ2v) is 6.22. The van der Waals surface area contributed by atoms with Crippen LogP contribution >= 0.6 is 0 Å². The number of Topliss-reactive ketones (excluding diaryl/α,β-unsaturated/α-hetero) is 1. The molecule has 2 heterocycles. The molecule has 0 radical (unpaired) electrons. The Kier molecular flexibility index (Phi) is 3.50. The van der Waals surface area contributed by atoms with Crippen molar-refractivity contribution in [1.29, 1.82) is 0 Å². The molecule has 1 aromatic heterocycles. The lowest BCUT2D eigenvalue weighted by Crippen LogP contribution is -2.23. The van der Waals surface area contributed by atoms with E-state index in [-0.39, 0.29) is 16.8 Å². The number of aryl methyl sites for hydroxylation is 2. The summed E-state index contributed by atoms with van der Waals surface area (Å²) < 4.78 is 1.97. The molecule has 0 aliphatic carbocycles. The molecule has 0 fully saturated rings. The average molecular weight is 332 g/mol. The van der Waals surface area contributed by atoms with Crippen LogP contribution in [0, 0.1) is 0 Å². The van der Waals surface area contributed by atoms with Crippen LogP contribution in [0.5, 0.6) is 0 Å². The van der Waals surface area contributed by atoms with Crippen LogP contribution in [0.1, 0.15) is 33.2 Å². The number of hydrogen-bond donors (Lipinski definition) is 1. The van der Waals surface area contributed by atoms with Gasteiger partial charge in [-0.05, 0) is 37.1 Å². The van der Waals surface area contributed by atoms with Gasteiger partial charge in [0, 0.05) is 29.4 Å². The van der Waals surface area contributed by atoms with E-state index in [0.29, 0.717) is 16.6 Å². The normalized spacial score (nSPS) is 12.4. The van der Waals surface area contributed by atoms with E-state index in [1.54, 1.807) is 36.5 Å². The Labute approximate surface area is 143 Å². The van der Waals surface area contributed by atoms with E-state index < -0.39 is 5.91 Å². The summed E-state index contributed by atoms with van der Waals surface area (Å²) in [4.78, 5) is 36.9. The Hall–Kier alpha value is -3.21. The van der Waals surface area contributed by atoms with Crippen LogP contribution in [0.25, 0.3) is 10.9 Å². The first-order valence-electron chi connectivity index (χ1n) is 8.12. The van der Waals surface area contributed by atoms with E-state index in [9.17, 15) is 14.4 Å². The monoisotopic (exact) mass is 332 g/mol. The summed E-state index contributed by atoms with van der Waals surface area (Å²) in [6, 6.07) is 12.3. The summed E-state index contributed by atoms with van der Waals surface area (Å²) in [5, 5.41) is 3.29. The summed E-state index contributed by atoms with van der Waals surface area (Å²) >= 11 is 0. The number of carbonyl (C=O) groups excluding carboxylic acids is 2. The van der Waals surface area contributed by atoms with Gasteiger partial charge in [-0.1, -0.05) is 24.3 Å². The maximum absolute atomic E-state index is 12.7. The number of hydrogen-bond acceptors (Lipinski definition) is 3. The maximum atomic E-state index is 12.7. The zero-order valence-corrected chi connectivity index (χ0v) is 13.7. The number of pyridine rings is 1. The van der Waals surface area contributed by atoms with E-state index in [1.807, 2.05) is 16.7 Å². The van der Waals surface area contributed by atoms with Crippen LogP contribution in [0.4, 0.5) is 5.69 Å².